The fourth-order valence-electron chi connectivity index (χ4n) is 2.66. The lowest BCUT2D eigenvalue weighted by Crippen LogP contribution is -2.23. The predicted octanol–water partition coefficient (Wildman–Crippen LogP) is 2.38. The second kappa shape index (κ2) is 14.3. The Labute approximate surface area is 193 Å². The molecule has 3 rings (SSSR count). The summed E-state index contributed by atoms with van der Waals surface area (Å²) < 4.78 is 18.3. The second-order valence-electron chi connectivity index (χ2n) is 6.38. The highest BCUT2D eigenvalue weighted by Crippen LogP contribution is 2.33. The molecule has 0 fully saturated rings. The molecule has 0 aliphatic heterocycles. The number of esters is 1. The number of carbonyl (C=O) groups is 1. The molecule has 0 bridgehead atoms. The molecule has 0 radical (unpaired) electrons. The minimum atomic E-state index is -1.23. The number of hydrogen-bond donors (Lipinski definition) is 3. The van der Waals surface area contributed by atoms with E-state index < -0.39 is 8.30 Å². The van der Waals surface area contributed by atoms with Gasteiger partial charge in [-0.25, -0.2) is 4.98 Å². The van der Waals surface area contributed by atoms with Crippen LogP contribution in [0.15, 0.2) is 41.5 Å². The molecule has 1 aromatic carbocycles. The monoisotopic (exact) mass is 478 g/mol. The molecule has 12 heteroatoms. The van der Waals surface area contributed by atoms with E-state index in [1.165, 1.54) is 6.33 Å². The summed E-state index contributed by atoms with van der Waals surface area (Å²) in [6.07, 6.45) is 1.79. The summed E-state index contributed by atoms with van der Waals surface area (Å²) in [4.78, 5) is 34.1. The first-order chi connectivity index (χ1) is 16.1. The van der Waals surface area contributed by atoms with Gasteiger partial charge in [-0.05, 0) is 12.5 Å². The van der Waals surface area contributed by atoms with E-state index in [0.717, 1.165) is 5.56 Å². The fourth-order valence-corrected chi connectivity index (χ4v) is 3.83. The van der Waals surface area contributed by atoms with Crippen LogP contribution in [0.25, 0.3) is 11.2 Å². The van der Waals surface area contributed by atoms with Crippen molar-refractivity contribution in [2.75, 3.05) is 31.8 Å². The van der Waals surface area contributed by atoms with Gasteiger partial charge in [0.1, 0.15) is 14.6 Å². The van der Waals surface area contributed by atoms with Crippen molar-refractivity contribution in [3.63, 3.8) is 0 Å². The molecule has 11 nitrogen and oxygen atoms in total. The Morgan fingerprint density at radius 3 is 2.76 bits per heavy atom. The van der Waals surface area contributed by atoms with Crippen molar-refractivity contribution in [3.8, 4) is 0 Å². The van der Waals surface area contributed by atoms with Crippen LogP contribution in [0.4, 0.5) is 5.95 Å². The zero-order valence-corrected chi connectivity index (χ0v) is 20.0. The molecule has 0 amide bonds. The molecule has 0 spiro atoms. The number of ether oxygens (including phenoxy) is 2. The minimum absolute atomic E-state index is 0.0289. The number of rotatable bonds is 12. The SMILES string of the molecule is CC.CCOC(=O)CNP(COCCn1cnc2c(=O)[nH]c(N)nc21)OCc1ccccc1. The van der Waals surface area contributed by atoms with Gasteiger partial charge in [-0.3, -0.25) is 19.7 Å². The maximum atomic E-state index is 11.9. The van der Waals surface area contributed by atoms with Crippen LogP contribution >= 0.6 is 8.30 Å². The van der Waals surface area contributed by atoms with E-state index in [1.54, 1.807) is 11.5 Å². The molecular weight excluding hydrogens is 447 g/mol. The van der Waals surface area contributed by atoms with Crippen LogP contribution in [0.1, 0.15) is 26.3 Å². The quantitative estimate of drug-likeness (QED) is 0.203. The van der Waals surface area contributed by atoms with Gasteiger partial charge in [0.05, 0.1) is 32.7 Å². The van der Waals surface area contributed by atoms with Crippen LogP contribution in [-0.4, -0.2) is 51.6 Å². The van der Waals surface area contributed by atoms with Crippen LogP contribution in [0, 0.1) is 0 Å². The van der Waals surface area contributed by atoms with E-state index in [0.29, 0.717) is 32.0 Å². The summed E-state index contributed by atoms with van der Waals surface area (Å²) in [6, 6.07) is 9.73. The third-order valence-electron chi connectivity index (χ3n) is 4.11. The van der Waals surface area contributed by atoms with Crippen molar-refractivity contribution in [2.45, 2.75) is 33.9 Å². The summed E-state index contributed by atoms with van der Waals surface area (Å²) >= 11 is 0. The number of fused-ring (bicyclic) bond motifs is 1. The van der Waals surface area contributed by atoms with Crippen LogP contribution in [0.2, 0.25) is 0 Å². The highest BCUT2D eigenvalue weighted by Gasteiger charge is 2.14. The first-order valence-corrected chi connectivity index (χ1v) is 12.1. The third-order valence-corrected chi connectivity index (χ3v) is 5.48. The topological polar surface area (TPSA) is 146 Å². The van der Waals surface area contributed by atoms with Gasteiger partial charge in [0.2, 0.25) is 5.95 Å². The zero-order chi connectivity index (χ0) is 24.1. The smallest absolute Gasteiger partial charge is 0.320 e. The molecular formula is C21H31N6O5P. The number of nitrogens with one attached hydrogen (secondary N) is 2. The molecule has 4 N–H and O–H groups in total. The normalized spacial score (nSPS) is 11.6. The van der Waals surface area contributed by atoms with E-state index in [2.05, 4.69) is 20.0 Å². The van der Waals surface area contributed by atoms with Crippen LogP contribution in [0.3, 0.4) is 0 Å². The van der Waals surface area contributed by atoms with E-state index in [4.69, 9.17) is 19.7 Å². The number of anilines is 1. The fraction of sp³-hybridized carbons (Fsp3) is 0.429. The Bertz CT molecular complexity index is 1040. The number of aromatic nitrogens is 4. The number of benzene rings is 1. The van der Waals surface area contributed by atoms with E-state index in [1.807, 2.05) is 44.2 Å². The Hall–Kier alpha value is -2.85. The molecule has 2 heterocycles. The first kappa shape index (κ1) is 26.4. The Kier molecular flexibility index (Phi) is 11.5. The summed E-state index contributed by atoms with van der Waals surface area (Å²) in [6.45, 7) is 7.26. The Morgan fingerprint density at radius 1 is 1.27 bits per heavy atom. The highest BCUT2D eigenvalue weighted by atomic mass is 31.2. The number of carbonyl (C=O) groups excluding carboxylic acids is 1. The van der Waals surface area contributed by atoms with Crippen molar-refractivity contribution in [1.29, 1.82) is 0 Å². The van der Waals surface area contributed by atoms with Gasteiger partial charge in [-0.2, -0.15) is 4.98 Å². The van der Waals surface area contributed by atoms with Gasteiger partial charge in [-0.1, -0.05) is 44.2 Å². The maximum Gasteiger partial charge on any atom is 0.320 e. The van der Waals surface area contributed by atoms with Crippen LogP contribution in [0.5, 0.6) is 0 Å². The predicted molar refractivity (Wildman–Crippen MR) is 128 cm³/mol. The average Bonchev–Trinajstić information content (AvgIpc) is 3.23. The molecule has 0 saturated heterocycles. The molecule has 1 unspecified atom stereocenters. The summed E-state index contributed by atoms with van der Waals surface area (Å²) in [5.74, 6) is -0.321. The van der Waals surface area contributed by atoms with Crippen molar-refractivity contribution in [1.82, 2.24) is 24.6 Å². The number of nitrogens with zero attached hydrogens (tertiary/aromatic N) is 3. The first-order valence-electron chi connectivity index (χ1n) is 10.7. The largest absolute Gasteiger partial charge is 0.465 e. The van der Waals surface area contributed by atoms with Crippen molar-refractivity contribution in [2.24, 2.45) is 0 Å². The van der Waals surface area contributed by atoms with E-state index in [-0.39, 0.29) is 35.9 Å². The van der Waals surface area contributed by atoms with Crippen LogP contribution in [-0.2, 0) is 31.9 Å². The Balaban J connectivity index is 0.00000187. The van der Waals surface area contributed by atoms with Gasteiger partial charge in [0, 0.05) is 6.54 Å². The maximum absolute atomic E-state index is 11.9. The molecule has 0 saturated carbocycles. The highest BCUT2D eigenvalue weighted by molar-refractivity contribution is 7.50. The van der Waals surface area contributed by atoms with E-state index >= 15 is 0 Å². The lowest BCUT2D eigenvalue weighted by atomic mass is 10.2. The number of H-pyrrole nitrogens is 1. The molecule has 0 aliphatic rings. The van der Waals surface area contributed by atoms with Crippen molar-refractivity contribution < 1.29 is 18.8 Å². The molecule has 0 aliphatic carbocycles. The third kappa shape index (κ3) is 8.54. The summed E-state index contributed by atoms with van der Waals surface area (Å²) in [5, 5.41) is 3.06. The lowest BCUT2D eigenvalue weighted by Gasteiger charge is -2.18. The van der Waals surface area contributed by atoms with Gasteiger partial charge in [0.15, 0.2) is 11.2 Å². The van der Waals surface area contributed by atoms with Crippen LogP contribution < -0.4 is 16.4 Å². The number of nitrogens with two attached hydrogens (primary N) is 1. The standard InChI is InChI=1S/C19H25N6O5P.C2H6/c1-2-29-15(26)10-22-31(30-11-14-6-4-3-5-7-14)13-28-9-8-25-12-21-16-17(25)23-19(20)24-18(16)27;1-2/h3-7,12,22H,2,8-11,13H2,1H3,(H3,20,23,24,27);1-2H3. The van der Waals surface area contributed by atoms with Gasteiger partial charge in [0.25, 0.3) is 5.56 Å². The number of imidazole rings is 1. The average molecular weight is 478 g/mol. The van der Waals surface area contributed by atoms with Crippen molar-refractivity contribution in [3.05, 3.63) is 52.6 Å². The zero-order valence-electron chi connectivity index (χ0n) is 19.1. The molecule has 3 aromatic rings. The Morgan fingerprint density at radius 2 is 2.03 bits per heavy atom. The lowest BCUT2D eigenvalue weighted by molar-refractivity contribution is -0.141. The van der Waals surface area contributed by atoms with E-state index in [9.17, 15) is 9.59 Å². The molecule has 2 aromatic heterocycles. The number of hydrogen-bond acceptors (Lipinski definition) is 9. The molecule has 180 valence electrons. The van der Waals surface area contributed by atoms with Gasteiger partial charge in [-0.15, -0.1) is 0 Å². The van der Waals surface area contributed by atoms with Gasteiger partial charge < -0.3 is 24.3 Å². The van der Waals surface area contributed by atoms with Crippen molar-refractivity contribution >= 4 is 31.4 Å². The molecule has 1 atom stereocenters. The summed E-state index contributed by atoms with van der Waals surface area (Å²) in [7, 11) is -1.23. The second-order valence-corrected chi connectivity index (χ2v) is 7.97. The number of nitrogen functional groups attached to an aromatic ring is 1. The van der Waals surface area contributed by atoms with Gasteiger partial charge >= 0.3 is 5.97 Å². The minimum Gasteiger partial charge on any atom is -0.465 e. The number of aromatic amines is 1. The molecule has 33 heavy (non-hydrogen) atoms. The summed E-state index contributed by atoms with van der Waals surface area (Å²) in [5.41, 5.74) is 6.86.